The molecule has 0 spiro atoms. The van der Waals surface area contributed by atoms with E-state index in [1.54, 1.807) is 4.90 Å². The normalized spacial score (nSPS) is 16.6. The number of anilines is 1. The second-order valence-electron chi connectivity index (χ2n) is 6.37. The summed E-state index contributed by atoms with van der Waals surface area (Å²) in [6, 6.07) is 16.4. The minimum absolute atomic E-state index is 0.0163. The van der Waals surface area contributed by atoms with E-state index >= 15 is 0 Å². The van der Waals surface area contributed by atoms with Gasteiger partial charge in [0.2, 0.25) is 11.8 Å². The highest BCUT2D eigenvalue weighted by atomic mass is 16.5. The lowest BCUT2D eigenvalue weighted by atomic mass is 10.2. The van der Waals surface area contributed by atoms with E-state index in [0.29, 0.717) is 25.1 Å². The third-order valence-corrected chi connectivity index (χ3v) is 4.44. The van der Waals surface area contributed by atoms with Crippen molar-refractivity contribution in [1.29, 1.82) is 0 Å². The highest BCUT2D eigenvalue weighted by Gasteiger charge is 2.36. The number of unbranched alkanes of at least 4 members (excludes halogenated alkanes) is 1. The fourth-order valence-corrected chi connectivity index (χ4v) is 3.06. The summed E-state index contributed by atoms with van der Waals surface area (Å²) in [5.74, 6) is 1.35. The maximum Gasteiger partial charge on any atom is 0.243 e. The van der Waals surface area contributed by atoms with Gasteiger partial charge in [0.1, 0.15) is 17.5 Å². The molecule has 5 nitrogen and oxygen atoms in total. The molecule has 0 bridgehead atoms. The van der Waals surface area contributed by atoms with Crippen molar-refractivity contribution in [2.24, 2.45) is 0 Å². The molecule has 0 aliphatic carbocycles. The van der Waals surface area contributed by atoms with Crippen LogP contribution in [0.15, 0.2) is 54.6 Å². The zero-order valence-corrected chi connectivity index (χ0v) is 15.0. The Bertz CT molecular complexity index is 744. The topological polar surface area (TPSA) is 58.6 Å². The fourth-order valence-electron chi connectivity index (χ4n) is 3.06. The van der Waals surface area contributed by atoms with E-state index in [-0.39, 0.29) is 11.8 Å². The first-order valence-corrected chi connectivity index (χ1v) is 9.12. The predicted molar refractivity (Wildman–Crippen MR) is 101 cm³/mol. The summed E-state index contributed by atoms with van der Waals surface area (Å²) in [4.78, 5) is 26.3. The highest BCUT2D eigenvalue weighted by Crippen LogP contribution is 2.29. The second kappa shape index (κ2) is 8.52. The van der Waals surface area contributed by atoms with Gasteiger partial charge in [-0.2, -0.15) is 0 Å². The van der Waals surface area contributed by atoms with E-state index in [4.69, 9.17) is 4.74 Å². The molecule has 1 aliphatic rings. The van der Waals surface area contributed by atoms with Crippen LogP contribution in [0.4, 0.5) is 5.69 Å². The largest absolute Gasteiger partial charge is 0.457 e. The van der Waals surface area contributed by atoms with Gasteiger partial charge in [-0.15, -0.1) is 0 Å². The van der Waals surface area contributed by atoms with Crippen LogP contribution in [0.2, 0.25) is 0 Å². The minimum Gasteiger partial charge on any atom is -0.457 e. The second-order valence-corrected chi connectivity index (χ2v) is 6.37. The molecule has 136 valence electrons. The number of carbonyl (C=O) groups excluding carboxylic acids is 2. The van der Waals surface area contributed by atoms with Crippen LogP contribution in [0.3, 0.4) is 0 Å². The van der Waals surface area contributed by atoms with Crippen molar-refractivity contribution in [2.75, 3.05) is 11.4 Å². The van der Waals surface area contributed by atoms with Gasteiger partial charge in [0.15, 0.2) is 0 Å². The number of hydrogen-bond donors (Lipinski definition) is 1. The summed E-state index contributed by atoms with van der Waals surface area (Å²) in [6.45, 7) is 2.73. The average Bonchev–Trinajstić information content (AvgIpc) is 3.05. The quantitative estimate of drug-likeness (QED) is 0.769. The molecule has 3 rings (SSSR count). The predicted octanol–water partition coefficient (Wildman–Crippen LogP) is 3.89. The van der Waals surface area contributed by atoms with Crippen LogP contribution < -0.4 is 15.0 Å². The average molecular weight is 352 g/mol. The lowest BCUT2D eigenvalue weighted by Crippen LogP contribution is -2.45. The summed E-state index contributed by atoms with van der Waals surface area (Å²) in [5.41, 5.74) is 0.726. The highest BCUT2D eigenvalue weighted by molar-refractivity contribution is 6.03. The number of hydrogen-bond acceptors (Lipinski definition) is 3. The van der Waals surface area contributed by atoms with E-state index in [9.17, 15) is 9.59 Å². The van der Waals surface area contributed by atoms with Gasteiger partial charge in [-0.25, -0.2) is 0 Å². The van der Waals surface area contributed by atoms with Crippen LogP contribution in [0.25, 0.3) is 0 Å². The number of carbonyl (C=O) groups is 2. The molecular weight excluding hydrogens is 328 g/mol. The van der Waals surface area contributed by atoms with E-state index in [1.807, 2.05) is 54.6 Å². The van der Waals surface area contributed by atoms with Gasteiger partial charge in [-0.1, -0.05) is 31.5 Å². The smallest absolute Gasteiger partial charge is 0.243 e. The summed E-state index contributed by atoms with van der Waals surface area (Å²) >= 11 is 0. The van der Waals surface area contributed by atoms with Gasteiger partial charge in [0.05, 0.1) is 0 Å². The minimum atomic E-state index is -0.430. The molecule has 1 heterocycles. The fraction of sp³-hybridized carbons (Fsp3) is 0.333. The molecule has 1 unspecified atom stereocenters. The van der Waals surface area contributed by atoms with Gasteiger partial charge >= 0.3 is 0 Å². The molecule has 0 radical (unpaired) electrons. The van der Waals surface area contributed by atoms with Gasteiger partial charge in [0.25, 0.3) is 0 Å². The first kappa shape index (κ1) is 18.0. The number of nitrogens with one attached hydrogen (secondary N) is 1. The van der Waals surface area contributed by atoms with Crippen molar-refractivity contribution in [3.63, 3.8) is 0 Å². The van der Waals surface area contributed by atoms with E-state index < -0.39 is 6.04 Å². The van der Waals surface area contributed by atoms with Crippen molar-refractivity contribution in [2.45, 2.75) is 38.6 Å². The summed E-state index contributed by atoms with van der Waals surface area (Å²) in [5, 5.41) is 2.93. The van der Waals surface area contributed by atoms with Gasteiger partial charge in [-0.3, -0.25) is 14.5 Å². The van der Waals surface area contributed by atoms with Crippen molar-refractivity contribution in [3.05, 3.63) is 54.6 Å². The molecule has 1 fully saturated rings. The lowest BCUT2D eigenvalue weighted by molar-refractivity contribution is -0.123. The zero-order chi connectivity index (χ0) is 18.4. The van der Waals surface area contributed by atoms with Crippen LogP contribution in [-0.4, -0.2) is 24.4 Å². The standard InChI is InChI=1S/C21H24N2O3/c1-2-3-15-22-21(25)19-13-14-20(24)23(19)16-9-11-18(12-10-16)26-17-7-5-4-6-8-17/h4-12,19H,2-3,13-15H2,1H3,(H,22,25). The molecular formula is C21H24N2O3. The number of para-hydroxylation sites is 1. The van der Waals surface area contributed by atoms with Gasteiger partial charge in [-0.05, 0) is 49.2 Å². The van der Waals surface area contributed by atoms with Crippen LogP contribution in [0, 0.1) is 0 Å². The number of nitrogens with zero attached hydrogens (tertiary/aromatic N) is 1. The Labute approximate surface area is 154 Å². The zero-order valence-electron chi connectivity index (χ0n) is 15.0. The van der Waals surface area contributed by atoms with Crippen molar-refractivity contribution >= 4 is 17.5 Å². The molecule has 26 heavy (non-hydrogen) atoms. The molecule has 2 aromatic rings. The SMILES string of the molecule is CCCCNC(=O)C1CCC(=O)N1c1ccc(Oc2ccccc2)cc1. The number of benzene rings is 2. The van der Waals surface area contributed by atoms with E-state index in [2.05, 4.69) is 12.2 Å². The van der Waals surface area contributed by atoms with Crippen LogP contribution >= 0.6 is 0 Å². The lowest BCUT2D eigenvalue weighted by Gasteiger charge is -2.24. The molecule has 0 saturated carbocycles. The summed E-state index contributed by atoms with van der Waals surface area (Å²) < 4.78 is 5.78. The van der Waals surface area contributed by atoms with Gasteiger partial charge in [0, 0.05) is 18.7 Å². The van der Waals surface area contributed by atoms with Crippen LogP contribution in [0.1, 0.15) is 32.6 Å². The molecule has 5 heteroatoms. The maximum atomic E-state index is 12.4. The Hall–Kier alpha value is -2.82. The van der Waals surface area contributed by atoms with Gasteiger partial charge < -0.3 is 10.1 Å². The maximum absolute atomic E-state index is 12.4. The Morgan fingerprint density at radius 2 is 1.81 bits per heavy atom. The summed E-state index contributed by atoms with van der Waals surface area (Å²) in [6.07, 6.45) is 2.92. The van der Waals surface area contributed by atoms with Crippen LogP contribution in [0.5, 0.6) is 11.5 Å². The molecule has 1 aliphatic heterocycles. The number of ether oxygens (including phenoxy) is 1. The summed E-state index contributed by atoms with van der Waals surface area (Å²) in [7, 11) is 0. The Kier molecular flexibility index (Phi) is 5.89. The molecule has 1 N–H and O–H groups in total. The third kappa shape index (κ3) is 4.23. The third-order valence-electron chi connectivity index (χ3n) is 4.44. The monoisotopic (exact) mass is 352 g/mol. The molecule has 2 amide bonds. The Balaban J connectivity index is 1.69. The molecule has 1 atom stereocenters. The molecule has 2 aromatic carbocycles. The first-order valence-electron chi connectivity index (χ1n) is 9.12. The molecule has 0 aromatic heterocycles. The van der Waals surface area contributed by atoms with E-state index in [0.717, 1.165) is 24.3 Å². The van der Waals surface area contributed by atoms with Crippen molar-refractivity contribution < 1.29 is 14.3 Å². The Morgan fingerprint density at radius 1 is 1.12 bits per heavy atom. The first-order chi connectivity index (χ1) is 12.7. The van der Waals surface area contributed by atoms with Crippen molar-refractivity contribution in [1.82, 2.24) is 5.32 Å². The Morgan fingerprint density at radius 3 is 2.50 bits per heavy atom. The number of amides is 2. The van der Waals surface area contributed by atoms with Crippen molar-refractivity contribution in [3.8, 4) is 11.5 Å². The van der Waals surface area contributed by atoms with E-state index in [1.165, 1.54) is 0 Å². The number of rotatable bonds is 7. The molecule has 1 saturated heterocycles. The van der Waals surface area contributed by atoms with Crippen LogP contribution in [-0.2, 0) is 9.59 Å².